The highest BCUT2D eigenvalue weighted by Crippen LogP contribution is 2.37. The van der Waals surface area contributed by atoms with Gasteiger partial charge in [-0.25, -0.2) is 14.3 Å². The zero-order chi connectivity index (χ0) is 22.8. The molecule has 0 radical (unpaired) electrons. The standard InChI is InChI=1S/C23H21ClN4O4/c1-13-19(22(29)32-3)21(26-23(30)25-13)16-12-28(15-7-5-4-6-8-15)27-20(16)14-9-10-18(31-2)17(24)11-14/h4-12,21H,1-3H3,(H2,25,26,30)/t21-/m1/s1. The van der Waals surface area contributed by atoms with Crippen LogP contribution in [-0.2, 0) is 9.53 Å². The molecule has 0 saturated heterocycles. The number of hydrogen-bond acceptors (Lipinski definition) is 5. The minimum atomic E-state index is -0.774. The summed E-state index contributed by atoms with van der Waals surface area (Å²) in [6, 6.07) is 13.6. The highest BCUT2D eigenvalue weighted by molar-refractivity contribution is 6.32. The molecule has 1 aliphatic heterocycles. The largest absolute Gasteiger partial charge is 0.495 e. The van der Waals surface area contributed by atoms with Crippen molar-refractivity contribution in [3.05, 3.63) is 76.6 Å². The Labute approximate surface area is 189 Å². The third-order valence-electron chi connectivity index (χ3n) is 5.17. The van der Waals surface area contributed by atoms with Crippen LogP contribution in [0.15, 0.2) is 66.0 Å². The number of rotatable bonds is 5. The summed E-state index contributed by atoms with van der Waals surface area (Å²) < 4.78 is 11.9. The molecule has 3 aromatic rings. The van der Waals surface area contributed by atoms with Crippen molar-refractivity contribution in [1.29, 1.82) is 0 Å². The molecular weight excluding hydrogens is 432 g/mol. The summed E-state index contributed by atoms with van der Waals surface area (Å²) in [5.74, 6) is -0.0215. The summed E-state index contributed by atoms with van der Waals surface area (Å²) in [5, 5.41) is 10.6. The van der Waals surface area contributed by atoms with Gasteiger partial charge >= 0.3 is 12.0 Å². The number of esters is 1. The number of aromatic nitrogens is 2. The third kappa shape index (κ3) is 3.92. The Hall–Kier alpha value is -3.78. The summed E-state index contributed by atoms with van der Waals surface area (Å²) in [5.41, 5.74) is 3.40. The van der Waals surface area contributed by atoms with Crippen LogP contribution in [0, 0.1) is 0 Å². The minimum absolute atomic E-state index is 0.292. The average Bonchev–Trinajstić information content (AvgIpc) is 3.24. The second-order valence-electron chi connectivity index (χ2n) is 7.12. The van der Waals surface area contributed by atoms with E-state index in [9.17, 15) is 9.59 Å². The Morgan fingerprint density at radius 3 is 2.56 bits per heavy atom. The molecule has 0 spiro atoms. The number of halogens is 1. The monoisotopic (exact) mass is 452 g/mol. The number of benzene rings is 2. The lowest BCUT2D eigenvalue weighted by Crippen LogP contribution is -2.45. The molecule has 2 heterocycles. The second-order valence-corrected chi connectivity index (χ2v) is 7.53. The van der Waals surface area contributed by atoms with E-state index in [-0.39, 0.29) is 0 Å². The Bertz CT molecular complexity index is 1220. The molecule has 0 fully saturated rings. The second kappa shape index (κ2) is 8.76. The van der Waals surface area contributed by atoms with Crippen LogP contribution in [0.4, 0.5) is 4.79 Å². The lowest BCUT2D eigenvalue weighted by atomic mass is 9.94. The Balaban J connectivity index is 1.93. The molecule has 0 unspecified atom stereocenters. The Morgan fingerprint density at radius 2 is 1.91 bits per heavy atom. The number of hydrogen-bond donors (Lipinski definition) is 2. The zero-order valence-electron chi connectivity index (χ0n) is 17.7. The zero-order valence-corrected chi connectivity index (χ0v) is 18.4. The fraction of sp³-hybridized carbons (Fsp3) is 0.174. The summed E-state index contributed by atoms with van der Waals surface area (Å²) in [7, 11) is 2.84. The number of urea groups is 1. The van der Waals surface area contributed by atoms with Gasteiger partial charge in [0, 0.05) is 23.0 Å². The SMILES string of the molecule is COC(=O)C1=C(C)NC(=O)N[C@@H]1c1cn(-c2ccccc2)nc1-c1ccc(OC)c(Cl)c1. The van der Waals surface area contributed by atoms with Crippen LogP contribution >= 0.6 is 11.6 Å². The minimum Gasteiger partial charge on any atom is -0.495 e. The van der Waals surface area contributed by atoms with Gasteiger partial charge in [0.05, 0.1) is 42.2 Å². The van der Waals surface area contributed by atoms with Crippen LogP contribution in [0.1, 0.15) is 18.5 Å². The van der Waals surface area contributed by atoms with Crippen molar-refractivity contribution in [2.45, 2.75) is 13.0 Å². The molecule has 1 aromatic heterocycles. The summed E-state index contributed by atoms with van der Waals surface area (Å²) >= 11 is 6.37. The maximum Gasteiger partial charge on any atom is 0.337 e. The van der Waals surface area contributed by atoms with Gasteiger partial charge in [-0.1, -0.05) is 29.8 Å². The van der Waals surface area contributed by atoms with Crippen molar-refractivity contribution in [3.8, 4) is 22.7 Å². The van der Waals surface area contributed by atoms with Crippen molar-refractivity contribution in [2.24, 2.45) is 0 Å². The van der Waals surface area contributed by atoms with E-state index in [1.807, 2.05) is 36.4 Å². The van der Waals surface area contributed by atoms with E-state index in [0.29, 0.717) is 38.9 Å². The summed E-state index contributed by atoms with van der Waals surface area (Å²) in [4.78, 5) is 24.9. The maximum atomic E-state index is 12.6. The Kier molecular flexibility index (Phi) is 5.87. The third-order valence-corrected chi connectivity index (χ3v) is 5.47. The van der Waals surface area contributed by atoms with E-state index >= 15 is 0 Å². The fourth-order valence-electron chi connectivity index (χ4n) is 3.66. The highest BCUT2D eigenvalue weighted by atomic mass is 35.5. The van der Waals surface area contributed by atoms with Gasteiger partial charge in [0.2, 0.25) is 0 Å². The first-order valence-electron chi connectivity index (χ1n) is 9.78. The number of ether oxygens (including phenoxy) is 2. The number of amides is 2. The first-order chi connectivity index (χ1) is 15.4. The maximum absolute atomic E-state index is 12.6. The predicted molar refractivity (Wildman–Crippen MR) is 120 cm³/mol. The van der Waals surface area contributed by atoms with Gasteiger partial charge in [-0.3, -0.25) is 0 Å². The van der Waals surface area contributed by atoms with Gasteiger partial charge in [0.1, 0.15) is 5.75 Å². The molecule has 0 bridgehead atoms. The number of allylic oxidation sites excluding steroid dienone is 1. The van der Waals surface area contributed by atoms with Crippen molar-refractivity contribution in [2.75, 3.05) is 14.2 Å². The number of para-hydroxylation sites is 1. The molecule has 1 atom stereocenters. The molecule has 0 saturated carbocycles. The van der Waals surface area contributed by atoms with Crippen molar-refractivity contribution >= 4 is 23.6 Å². The first kappa shape index (κ1) is 21.5. The molecule has 4 rings (SSSR count). The van der Waals surface area contributed by atoms with Crippen LogP contribution in [0.5, 0.6) is 5.75 Å². The molecule has 9 heteroatoms. The lowest BCUT2D eigenvalue weighted by Gasteiger charge is -2.27. The molecule has 0 aliphatic carbocycles. The van der Waals surface area contributed by atoms with Crippen LogP contribution in [0.3, 0.4) is 0 Å². The van der Waals surface area contributed by atoms with Gasteiger partial charge in [-0.05, 0) is 37.3 Å². The van der Waals surface area contributed by atoms with Gasteiger partial charge in [-0.15, -0.1) is 0 Å². The molecule has 164 valence electrons. The van der Waals surface area contributed by atoms with Crippen LogP contribution in [-0.4, -0.2) is 36.0 Å². The molecule has 8 nitrogen and oxygen atoms in total. The Morgan fingerprint density at radius 1 is 1.16 bits per heavy atom. The van der Waals surface area contributed by atoms with E-state index in [1.54, 1.807) is 29.9 Å². The van der Waals surface area contributed by atoms with Crippen LogP contribution in [0.2, 0.25) is 5.02 Å². The van der Waals surface area contributed by atoms with E-state index in [2.05, 4.69) is 10.6 Å². The van der Waals surface area contributed by atoms with Gasteiger partial charge < -0.3 is 20.1 Å². The fourth-order valence-corrected chi connectivity index (χ4v) is 3.91. The van der Waals surface area contributed by atoms with E-state index in [1.165, 1.54) is 14.2 Å². The molecule has 2 N–H and O–H groups in total. The van der Waals surface area contributed by atoms with Crippen molar-refractivity contribution in [3.63, 3.8) is 0 Å². The quantitative estimate of drug-likeness (QED) is 0.570. The van der Waals surface area contributed by atoms with E-state index in [0.717, 1.165) is 5.69 Å². The molecule has 2 aromatic carbocycles. The van der Waals surface area contributed by atoms with Crippen LogP contribution in [0.25, 0.3) is 16.9 Å². The number of carbonyl (C=O) groups excluding carboxylic acids is 2. The first-order valence-corrected chi connectivity index (χ1v) is 10.2. The smallest absolute Gasteiger partial charge is 0.337 e. The normalized spacial score (nSPS) is 15.8. The van der Waals surface area contributed by atoms with Crippen molar-refractivity contribution < 1.29 is 19.1 Å². The van der Waals surface area contributed by atoms with Crippen LogP contribution < -0.4 is 15.4 Å². The molecule has 1 aliphatic rings. The number of nitrogens with zero attached hydrogens (tertiary/aromatic N) is 2. The van der Waals surface area contributed by atoms with Gasteiger partial charge in [0.25, 0.3) is 0 Å². The predicted octanol–water partition coefficient (Wildman–Crippen LogP) is 4.00. The van der Waals surface area contributed by atoms with E-state index < -0.39 is 18.0 Å². The number of carbonyl (C=O) groups is 2. The number of methoxy groups -OCH3 is 2. The van der Waals surface area contributed by atoms with Gasteiger partial charge in [-0.2, -0.15) is 5.10 Å². The summed E-state index contributed by atoms with van der Waals surface area (Å²) in [6.45, 7) is 1.66. The molecular formula is C23H21ClN4O4. The average molecular weight is 453 g/mol. The lowest BCUT2D eigenvalue weighted by molar-refractivity contribution is -0.136. The topological polar surface area (TPSA) is 94.5 Å². The highest BCUT2D eigenvalue weighted by Gasteiger charge is 2.35. The number of nitrogens with one attached hydrogen (secondary N) is 2. The summed E-state index contributed by atoms with van der Waals surface area (Å²) in [6.07, 6.45) is 1.79. The van der Waals surface area contributed by atoms with Gasteiger partial charge in [0.15, 0.2) is 0 Å². The van der Waals surface area contributed by atoms with Crippen molar-refractivity contribution in [1.82, 2.24) is 20.4 Å². The molecule has 2 amide bonds. The molecule has 32 heavy (non-hydrogen) atoms. The van der Waals surface area contributed by atoms with E-state index in [4.69, 9.17) is 26.2 Å².